The van der Waals surface area contributed by atoms with Crippen LogP contribution in [0.15, 0.2) is 23.3 Å². The Morgan fingerprint density at radius 3 is 2.48 bits per heavy atom. The van der Waals surface area contributed by atoms with Gasteiger partial charge in [-0.3, -0.25) is 4.99 Å². The van der Waals surface area contributed by atoms with Crippen LogP contribution in [0.3, 0.4) is 0 Å². The van der Waals surface area contributed by atoms with E-state index in [0.29, 0.717) is 18.2 Å². The third-order valence-corrected chi connectivity index (χ3v) is 3.26. The molecule has 1 heterocycles. The Bertz CT molecular complexity index is 555. The first kappa shape index (κ1) is 21.0. The Kier molecular flexibility index (Phi) is 9.05. The second kappa shape index (κ2) is 10.8. The number of aromatic nitrogens is 1. The highest BCUT2D eigenvalue weighted by Crippen LogP contribution is 2.06. The molecule has 0 radical (unpaired) electrons. The zero-order valence-corrected chi connectivity index (χ0v) is 16.1. The van der Waals surface area contributed by atoms with E-state index >= 15 is 0 Å². The van der Waals surface area contributed by atoms with Gasteiger partial charge < -0.3 is 20.7 Å². The third kappa shape index (κ3) is 10.4. The van der Waals surface area contributed by atoms with E-state index in [1.807, 2.05) is 26.8 Å². The number of nitrogens with zero attached hydrogens (tertiary/aromatic N) is 2. The number of aliphatic imine (C=N–C) groups is 1. The molecule has 0 fully saturated rings. The number of carbonyl (C=O) groups is 1. The molecule has 0 aliphatic carbocycles. The zero-order valence-electron chi connectivity index (χ0n) is 15.4. The van der Waals surface area contributed by atoms with E-state index in [1.165, 1.54) is 0 Å². The molecular weight excluding hydrogens is 342 g/mol. The summed E-state index contributed by atoms with van der Waals surface area (Å²) in [5.41, 5.74) is 0.627. The number of ether oxygens (including phenoxy) is 1. The average molecular weight is 370 g/mol. The number of hydrogen-bond acceptors (Lipinski definition) is 4. The number of guanidine groups is 1. The Labute approximate surface area is 154 Å². The Hall–Kier alpha value is -2.02. The zero-order chi connectivity index (χ0) is 18.7. The van der Waals surface area contributed by atoms with Crippen molar-refractivity contribution < 1.29 is 9.53 Å². The number of pyridine rings is 1. The van der Waals surface area contributed by atoms with Gasteiger partial charge in [-0.05, 0) is 45.2 Å². The summed E-state index contributed by atoms with van der Waals surface area (Å²) in [5, 5.41) is 9.64. The van der Waals surface area contributed by atoms with Crippen LogP contribution < -0.4 is 16.0 Å². The molecule has 0 unspecified atom stereocenters. The number of rotatable bonds is 7. The first-order valence-electron chi connectivity index (χ1n) is 8.32. The fraction of sp³-hybridized carbons (Fsp3) is 0.588. The summed E-state index contributed by atoms with van der Waals surface area (Å²) in [5.74, 6) is 0.721. The van der Waals surface area contributed by atoms with Gasteiger partial charge >= 0.3 is 6.09 Å². The van der Waals surface area contributed by atoms with Crippen molar-refractivity contribution in [3.63, 3.8) is 0 Å². The standard InChI is InChI=1S/C17H28ClN5O2/c1-17(2,3)25-16(24)22-10-5-9-20-15(19-4)21-11-8-13-6-7-14(18)23-12-13/h6-7,12H,5,8-11H2,1-4H3,(H,22,24)(H2,19,20,21). The van der Waals surface area contributed by atoms with Crippen LogP contribution in [0.1, 0.15) is 32.8 Å². The minimum atomic E-state index is -0.478. The average Bonchev–Trinajstić information content (AvgIpc) is 2.53. The maximum Gasteiger partial charge on any atom is 0.407 e. The summed E-state index contributed by atoms with van der Waals surface area (Å²) in [7, 11) is 1.72. The lowest BCUT2D eigenvalue weighted by molar-refractivity contribution is 0.0527. The van der Waals surface area contributed by atoms with Crippen molar-refractivity contribution in [2.45, 2.75) is 39.2 Å². The molecule has 0 bridgehead atoms. The quantitative estimate of drug-likeness (QED) is 0.297. The van der Waals surface area contributed by atoms with Gasteiger partial charge in [0.1, 0.15) is 10.8 Å². The van der Waals surface area contributed by atoms with Crippen molar-refractivity contribution in [2.75, 3.05) is 26.7 Å². The van der Waals surface area contributed by atoms with Gasteiger partial charge in [-0.15, -0.1) is 0 Å². The number of hydrogen-bond donors (Lipinski definition) is 3. The van der Waals surface area contributed by atoms with E-state index < -0.39 is 11.7 Å². The molecule has 0 aliphatic heterocycles. The van der Waals surface area contributed by atoms with Crippen molar-refractivity contribution in [1.82, 2.24) is 20.9 Å². The van der Waals surface area contributed by atoms with E-state index in [9.17, 15) is 4.79 Å². The molecule has 1 amide bonds. The molecule has 3 N–H and O–H groups in total. The molecule has 25 heavy (non-hydrogen) atoms. The van der Waals surface area contributed by atoms with Crippen LogP contribution >= 0.6 is 11.6 Å². The largest absolute Gasteiger partial charge is 0.444 e. The van der Waals surface area contributed by atoms with Crippen molar-refractivity contribution in [2.24, 2.45) is 4.99 Å². The Morgan fingerprint density at radius 2 is 1.88 bits per heavy atom. The molecule has 1 aromatic rings. The highest BCUT2D eigenvalue weighted by atomic mass is 35.5. The molecule has 140 valence electrons. The van der Waals surface area contributed by atoms with Crippen molar-refractivity contribution in [3.05, 3.63) is 29.0 Å². The number of halogens is 1. The molecule has 7 nitrogen and oxygen atoms in total. The maximum absolute atomic E-state index is 11.5. The molecule has 1 rings (SSSR count). The normalized spacial score (nSPS) is 11.8. The van der Waals surface area contributed by atoms with Gasteiger partial charge in [0.25, 0.3) is 0 Å². The van der Waals surface area contributed by atoms with Gasteiger partial charge in [0.2, 0.25) is 0 Å². The van der Waals surface area contributed by atoms with E-state index in [0.717, 1.165) is 30.9 Å². The predicted molar refractivity (Wildman–Crippen MR) is 101 cm³/mol. The molecule has 0 saturated heterocycles. The third-order valence-electron chi connectivity index (χ3n) is 3.03. The maximum atomic E-state index is 11.5. The van der Waals surface area contributed by atoms with E-state index in [2.05, 4.69) is 25.9 Å². The lowest BCUT2D eigenvalue weighted by Crippen LogP contribution is -2.40. The molecule has 0 saturated carbocycles. The predicted octanol–water partition coefficient (Wildman–Crippen LogP) is 2.36. The van der Waals surface area contributed by atoms with Crippen LogP contribution in [0.25, 0.3) is 0 Å². The van der Waals surface area contributed by atoms with Crippen LogP contribution in [0.2, 0.25) is 5.15 Å². The van der Waals surface area contributed by atoms with Crippen molar-refractivity contribution >= 4 is 23.7 Å². The van der Waals surface area contributed by atoms with Gasteiger partial charge in [-0.1, -0.05) is 17.7 Å². The minimum absolute atomic E-state index is 0.397. The van der Waals surface area contributed by atoms with Crippen LogP contribution in [0.4, 0.5) is 4.79 Å². The lowest BCUT2D eigenvalue weighted by Gasteiger charge is -2.19. The number of alkyl carbamates (subject to hydrolysis) is 1. The Morgan fingerprint density at radius 1 is 1.20 bits per heavy atom. The summed E-state index contributed by atoms with van der Waals surface area (Å²) in [6.07, 6.45) is 2.96. The number of carbonyl (C=O) groups excluding carboxylic acids is 1. The van der Waals surface area contributed by atoms with Crippen LogP contribution in [0.5, 0.6) is 0 Å². The van der Waals surface area contributed by atoms with Crippen LogP contribution in [-0.2, 0) is 11.2 Å². The second-order valence-electron chi connectivity index (χ2n) is 6.45. The molecule has 1 aromatic heterocycles. The van der Waals surface area contributed by atoms with E-state index in [-0.39, 0.29) is 0 Å². The van der Waals surface area contributed by atoms with Crippen LogP contribution in [-0.4, -0.2) is 49.3 Å². The first-order chi connectivity index (χ1) is 11.8. The summed E-state index contributed by atoms with van der Waals surface area (Å²) < 4.78 is 5.17. The molecule has 0 aliphatic rings. The summed E-state index contributed by atoms with van der Waals surface area (Å²) in [4.78, 5) is 19.7. The summed E-state index contributed by atoms with van der Waals surface area (Å²) in [6, 6.07) is 3.73. The molecular formula is C17H28ClN5O2. The molecule has 8 heteroatoms. The topological polar surface area (TPSA) is 87.6 Å². The van der Waals surface area contributed by atoms with Crippen LogP contribution in [0, 0.1) is 0 Å². The van der Waals surface area contributed by atoms with Crippen molar-refractivity contribution in [1.29, 1.82) is 0 Å². The fourth-order valence-electron chi connectivity index (χ4n) is 1.90. The minimum Gasteiger partial charge on any atom is -0.444 e. The van der Waals surface area contributed by atoms with E-state index in [1.54, 1.807) is 19.3 Å². The van der Waals surface area contributed by atoms with Gasteiger partial charge in [-0.25, -0.2) is 9.78 Å². The smallest absolute Gasteiger partial charge is 0.407 e. The highest BCUT2D eigenvalue weighted by Gasteiger charge is 2.15. The second-order valence-corrected chi connectivity index (χ2v) is 6.83. The lowest BCUT2D eigenvalue weighted by atomic mass is 10.2. The summed E-state index contributed by atoms with van der Waals surface area (Å²) in [6.45, 7) is 7.48. The highest BCUT2D eigenvalue weighted by molar-refractivity contribution is 6.29. The number of nitrogens with one attached hydrogen (secondary N) is 3. The molecule has 0 atom stereocenters. The van der Waals surface area contributed by atoms with Gasteiger partial charge in [-0.2, -0.15) is 0 Å². The monoisotopic (exact) mass is 369 g/mol. The summed E-state index contributed by atoms with van der Waals surface area (Å²) >= 11 is 5.76. The fourth-order valence-corrected chi connectivity index (χ4v) is 2.01. The SMILES string of the molecule is CN=C(NCCCNC(=O)OC(C)(C)C)NCCc1ccc(Cl)nc1. The van der Waals surface area contributed by atoms with Gasteiger partial charge in [0.15, 0.2) is 5.96 Å². The Balaban J connectivity index is 2.14. The number of amides is 1. The molecule has 0 aromatic carbocycles. The first-order valence-corrected chi connectivity index (χ1v) is 8.70. The van der Waals surface area contributed by atoms with Crippen molar-refractivity contribution in [3.8, 4) is 0 Å². The van der Waals surface area contributed by atoms with Gasteiger partial charge in [0, 0.05) is 32.9 Å². The van der Waals surface area contributed by atoms with E-state index in [4.69, 9.17) is 16.3 Å². The van der Waals surface area contributed by atoms with Gasteiger partial charge in [0.05, 0.1) is 0 Å². The molecule has 0 spiro atoms.